The maximum absolute atomic E-state index is 11.9. The number of hydrogen-bond acceptors (Lipinski definition) is 4. The molecule has 0 aliphatic rings. The molecular weight excluding hydrogens is 282 g/mol. The molecule has 6 heteroatoms. The second kappa shape index (κ2) is 9.78. The predicted molar refractivity (Wildman–Crippen MR) is 87.0 cm³/mol. The Hall–Kier alpha value is -2.08. The Labute approximate surface area is 131 Å². The summed E-state index contributed by atoms with van der Waals surface area (Å²) in [5, 5.41) is 5.60. The number of carbonyl (C=O) groups excluding carboxylic acids is 2. The molecule has 6 nitrogen and oxygen atoms in total. The van der Waals surface area contributed by atoms with Gasteiger partial charge in [0.15, 0.2) is 0 Å². The minimum absolute atomic E-state index is 0.0647. The van der Waals surface area contributed by atoms with Crippen molar-refractivity contribution in [3.63, 3.8) is 0 Å². The van der Waals surface area contributed by atoms with Crippen molar-refractivity contribution in [3.05, 3.63) is 24.3 Å². The van der Waals surface area contributed by atoms with E-state index in [9.17, 15) is 9.59 Å². The normalized spacial score (nSPS) is 10.4. The first-order valence-corrected chi connectivity index (χ1v) is 7.44. The van der Waals surface area contributed by atoms with Crippen LogP contribution in [0.25, 0.3) is 0 Å². The van der Waals surface area contributed by atoms with E-state index in [0.29, 0.717) is 18.0 Å². The van der Waals surface area contributed by atoms with Gasteiger partial charge in [-0.2, -0.15) is 0 Å². The lowest BCUT2D eigenvalue weighted by Crippen LogP contribution is -2.39. The molecule has 2 amide bonds. The smallest absolute Gasteiger partial charge is 0.238 e. The number of amides is 2. The summed E-state index contributed by atoms with van der Waals surface area (Å²) in [6.45, 7) is 3.11. The summed E-state index contributed by atoms with van der Waals surface area (Å²) in [5.74, 6) is 0.448. The van der Waals surface area contributed by atoms with Gasteiger partial charge in [-0.15, -0.1) is 0 Å². The van der Waals surface area contributed by atoms with E-state index >= 15 is 0 Å². The van der Waals surface area contributed by atoms with E-state index < -0.39 is 0 Å². The number of anilines is 1. The standard InChI is InChI=1S/C16H25N3O3/c1-4-5-9-17-15(20)11-19(2)12-16(21)18-13-7-6-8-14(10-13)22-3/h6-8,10H,4-5,9,11-12H2,1-3H3,(H,17,20)(H,18,21). The summed E-state index contributed by atoms with van der Waals surface area (Å²) in [6.07, 6.45) is 2.00. The van der Waals surface area contributed by atoms with Crippen molar-refractivity contribution >= 4 is 17.5 Å². The van der Waals surface area contributed by atoms with Crippen molar-refractivity contribution in [3.8, 4) is 5.75 Å². The van der Waals surface area contributed by atoms with Crippen LogP contribution in [0.15, 0.2) is 24.3 Å². The van der Waals surface area contributed by atoms with Crippen LogP contribution in [-0.2, 0) is 9.59 Å². The molecule has 0 unspecified atom stereocenters. The first kappa shape index (κ1) is 18.0. The van der Waals surface area contributed by atoms with Crippen molar-refractivity contribution in [2.24, 2.45) is 0 Å². The van der Waals surface area contributed by atoms with Gasteiger partial charge in [0.25, 0.3) is 0 Å². The van der Waals surface area contributed by atoms with Crippen molar-refractivity contribution in [2.45, 2.75) is 19.8 Å². The number of methoxy groups -OCH3 is 1. The molecule has 0 heterocycles. The number of nitrogens with zero attached hydrogens (tertiary/aromatic N) is 1. The topological polar surface area (TPSA) is 70.7 Å². The van der Waals surface area contributed by atoms with Gasteiger partial charge in [0.1, 0.15) is 5.75 Å². The van der Waals surface area contributed by atoms with Crippen LogP contribution >= 0.6 is 0 Å². The van der Waals surface area contributed by atoms with Crippen molar-refractivity contribution in [2.75, 3.05) is 39.1 Å². The molecule has 0 aliphatic heterocycles. The number of nitrogens with one attached hydrogen (secondary N) is 2. The fraction of sp³-hybridized carbons (Fsp3) is 0.500. The number of benzene rings is 1. The number of ether oxygens (including phenoxy) is 1. The molecule has 0 bridgehead atoms. The molecule has 0 atom stereocenters. The number of carbonyl (C=O) groups is 2. The van der Waals surface area contributed by atoms with E-state index in [4.69, 9.17) is 4.74 Å². The van der Waals surface area contributed by atoms with Crippen LogP contribution in [0.2, 0.25) is 0 Å². The van der Waals surface area contributed by atoms with Crippen LogP contribution in [0.5, 0.6) is 5.75 Å². The summed E-state index contributed by atoms with van der Waals surface area (Å²) in [5.41, 5.74) is 0.671. The highest BCUT2D eigenvalue weighted by molar-refractivity contribution is 5.92. The van der Waals surface area contributed by atoms with Crippen LogP contribution in [0.3, 0.4) is 0 Å². The van der Waals surface area contributed by atoms with Crippen LogP contribution in [-0.4, -0.2) is 50.5 Å². The lowest BCUT2D eigenvalue weighted by atomic mass is 10.3. The average molecular weight is 307 g/mol. The van der Waals surface area contributed by atoms with Gasteiger partial charge in [-0.3, -0.25) is 14.5 Å². The number of hydrogen-bond donors (Lipinski definition) is 2. The molecule has 0 fully saturated rings. The Morgan fingerprint density at radius 1 is 1.23 bits per heavy atom. The fourth-order valence-electron chi connectivity index (χ4n) is 1.91. The van der Waals surface area contributed by atoms with E-state index in [1.807, 2.05) is 6.07 Å². The lowest BCUT2D eigenvalue weighted by molar-refractivity contribution is -0.122. The van der Waals surface area contributed by atoms with Gasteiger partial charge in [0, 0.05) is 18.3 Å². The first-order chi connectivity index (χ1) is 10.5. The summed E-state index contributed by atoms with van der Waals surface area (Å²) >= 11 is 0. The minimum Gasteiger partial charge on any atom is -0.497 e. The zero-order chi connectivity index (χ0) is 16.4. The molecule has 1 aromatic rings. The Balaban J connectivity index is 2.35. The number of unbranched alkanes of at least 4 members (excludes halogenated alkanes) is 1. The number of likely N-dealkylation sites (N-methyl/N-ethyl adjacent to an activating group) is 1. The summed E-state index contributed by atoms with van der Waals surface area (Å²) in [6, 6.07) is 7.15. The van der Waals surface area contributed by atoms with Gasteiger partial charge in [0.05, 0.1) is 20.2 Å². The number of rotatable bonds is 9. The minimum atomic E-state index is -0.169. The highest BCUT2D eigenvalue weighted by Gasteiger charge is 2.10. The summed E-state index contributed by atoms with van der Waals surface area (Å²) < 4.78 is 5.10. The van der Waals surface area contributed by atoms with Gasteiger partial charge >= 0.3 is 0 Å². The molecule has 0 aromatic heterocycles. The first-order valence-electron chi connectivity index (χ1n) is 7.44. The maximum atomic E-state index is 11.9. The van der Waals surface area contributed by atoms with Crippen molar-refractivity contribution in [1.82, 2.24) is 10.2 Å². The Kier molecular flexibility index (Phi) is 7.99. The molecule has 0 saturated carbocycles. The molecule has 0 radical (unpaired) electrons. The van der Waals surface area contributed by atoms with Gasteiger partial charge in [-0.05, 0) is 25.6 Å². The third-order valence-electron chi connectivity index (χ3n) is 3.03. The fourth-order valence-corrected chi connectivity index (χ4v) is 1.91. The third kappa shape index (κ3) is 7.08. The molecule has 0 aliphatic carbocycles. The molecule has 2 N–H and O–H groups in total. The highest BCUT2D eigenvalue weighted by Crippen LogP contribution is 2.16. The molecular formula is C16H25N3O3. The van der Waals surface area contributed by atoms with E-state index in [1.165, 1.54) is 0 Å². The Bertz CT molecular complexity index is 491. The van der Waals surface area contributed by atoms with Crippen LogP contribution in [0.4, 0.5) is 5.69 Å². The van der Waals surface area contributed by atoms with Crippen LogP contribution in [0.1, 0.15) is 19.8 Å². The summed E-state index contributed by atoms with van der Waals surface area (Å²) in [7, 11) is 3.32. The molecule has 122 valence electrons. The van der Waals surface area contributed by atoms with Gasteiger partial charge < -0.3 is 15.4 Å². The monoisotopic (exact) mass is 307 g/mol. The Morgan fingerprint density at radius 2 is 1.95 bits per heavy atom. The zero-order valence-corrected chi connectivity index (χ0v) is 13.5. The van der Waals surface area contributed by atoms with Gasteiger partial charge in [-0.25, -0.2) is 0 Å². The maximum Gasteiger partial charge on any atom is 0.238 e. The zero-order valence-electron chi connectivity index (χ0n) is 13.5. The molecule has 1 rings (SSSR count). The van der Waals surface area contributed by atoms with Crippen molar-refractivity contribution < 1.29 is 14.3 Å². The van der Waals surface area contributed by atoms with Crippen molar-refractivity contribution in [1.29, 1.82) is 0 Å². The second-order valence-corrected chi connectivity index (χ2v) is 5.16. The van der Waals surface area contributed by atoms with Crippen LogP contribution in [0, 0.1) is 0 Å². The molecule has 0 spiro atoms. The predicted octanol–water partition coefficient (Wildman–Crippen LogP) is 1.48. The lowest BCUT2D eigenvalue weighted by Gasteiger charge is -2.16. The van der Waals surface area contributed by atoms with E-state index in [2.05, 4.69) is 17.6 Å². The van der Waals surface area contributed by atoms with E-state index in [-0.39, 0.29) is 24.9 Å². The van der Waals surface area contributed by atoms with E-state index in [0.717, 1.165) is 12.8 Å². The quantitative estimate of drug-likeness (QED) is 0.678. The highest BCUT2D eigenvalue weighted by atomic mass is 16.5. The Morgan fingerprint density at radius 3 is 2.64 bits per heavy atom. The van der Waals surface area contributed by atoms with E-state index in [1.54, 1.807) is 37.3 Å². The molecule has 1 aromatic carbocycles. The molecule has 0 saturated heterocycles. The molecule has 22 heavy (non-hydrogen) atoms. The summed E-state index contributed by atoms with van der Waals surface area (Å²) in [4.78, 5) is 25.3. The third-order valence-corrected chi connectivity index (χ3v) is 3.03. The average Bonchev–Trinajstić information content (AvgIpc) is 2.47. The van der Waals surface area contributed by atoms with Gasteiger partial charge in [-0.1, -0.05) is 19.4 Å². The largest absolute Gasteiger partial charge is 0.497 e. The second-order valence-electron chi connectivity index (χ2n) is 5.16. The van der Waals surface area contributed by atoms with Gasteiger partial charge in [0.2, 0.25) is 11.8 Å². The van der Waals surface area contributed by atoms with Crippen LogP contribution < -0.4 is 15.4 Å². The SMILES string of the molecule is CCCCNC(=O)CN(C)CC(=O)Nc1cccc(OC)c1.